The van der Waals surface area contributed by atoms with Crippen molar-refractivity contribution >= 4 is 60.2 Å². The summed E-state index contributed by atoms with van der Waals surface area (Å²) in [5.74, 6) is 0. The largest absolute Gasteiger partial charge is 0.310 e. The number of fused-ring (bicyclic) bond motifs is 7. The van der Waals surface area contributed by atoms with Crippen LogP contribution in [0.1, 0.15) is 0 Å². The molecule has 1 heteroatoms. The van der Waals surface area contributed by atoms with E-state index in [2.05, 4.69) is 193 Å². The molecule has 0 N–H and O–H groups in total. The number of hydrogen-bond acceptors (Lipinski definition) is 1. The van der Waals surface area contributed by atoms with E-state index in [1.54, 1.807) is 0 Å². The van der Waals surface area contributed by atoms with Gasteiger partial charge in [0.15, 0.2) is 0 Å². The summed E-state index contributed by atoms with van der Waals surface area (Å²) in [6.07, 6.45) is 0. The second-order valence-corrected chi connectivity index (χ2v) is 12.1. The Balaban J connectivity index is 1.20. The van der Waals surface area contributed by atoms with Crippen LogP contribution in [-0.2, 0) is 0 Å². The Morgan fingerprint density at radius 2 is 0.745 bits per heavy atom. The van der Waals surface area contributed by atoms with Crippen LogP contribution in [-0.4, -0.2) is 0 Å². The number of nitrogens with zero attached hydrogens (tertiary/aromatic N) is 1. The van der Waals surface area contributed by atoms with Gasteiger partial charge in [-0.05, 0) is 108 Å². The molecule has 9 aromatic rings. The van der Waals surface area contributed by atoms with Gasteiger partial charge in [0, 0.05) is 17.1 Å². The second kappa shape index (κ2) is 11.3. The van der Waals surface area contributed by atoms with Crippen LogP contribution < -0.4 is 4.90 Å². The highest BCUT2D eigenvalue weighted by Crippen LogP contribution is 2.42. The van der Waals surface area contributed by atoms with Crippen molar-refractivity contribution in [2.45, 2.75) is 0 Å². The van der Waals surface area contributed by atoms with Crippen molar-refractivity contribution in [3.63, 3.8) is 0 Å². The van der Waals surface area contributed by atoms with Gasteiger partial charge in [-0.15, -0.1) is 0 Å². The zero-order valence-corrected chi connectivity index (χ0v) is 25.8. The lowest BCUT2D eigenvalue weighted by molar-refractivity contribution is 1.29. The predicted molar refractivity (Wildman–Crippen MR) is 202 cm³/mol. The molecule has 0 saturated carbocycles. The van der Waals surface area contributed by atoms with E-state index in [4.69, 9.17) is 0 Å². The molecule has 0 aliphatic heterocycles. The molecule has 0 bridgehead atoms. The van der Waals surface area contributed by atoms with Crippen molar-refractivity contribution in [3.05, 3.63) is 188 Å². The first-order valence-electron chi connectivity index (χ1n) is 16.2. The zero-order chi connectivity index (χ0) is 31.2. The highest BCUT2D eigenvalue weighted by Gasteiger charge is 2.16. The Bertz CT molecular complexity index is 2540. The van der Waals surface area contributed by atoms with Crippen molar-refractivity contribution in [3.8, 4) is 22.3 Å². The summed E-state index contributed by atoms with van der Waals surface area (Å²) < 4.78 is 0. The standard InChI is InChI=1S/C46H31N/c1-2-18-36(19-3-1)47(38-27-28-45-43-24-7-6-22-41(43)42-23-8-9-25-44(42)46(45)31-38)37-20-11-16-34(30-37)33-15-10-17-35(29-33)40-26-12-14-32-13-4-5-21-39(32)40/h1-31H. The molecule has 9 aromatic carbocycles. The molecule has 0 aromatic heterocycles. The fourth-order valence-corrected chi connectivity index (χ4v) is 7.23. The first-order chi connectivity index (χ1) is 23.3. The Labute approximate surface area is 274 Å². The highest BCUT2D eigenvalue weighted by atomic mass is 15.1. The first kappa shape index (κ1) is 27.2. The van der Waals surface area contributed by atoms with Crippen molar-refractivity contribution in [1.82, 2.24) is 0 Å². The summed E-state index contributed by atoms with van der Waals surface area (Å²) in [4.78, 5) is 2.38. The van der Waals surface area contributed by atoms with Gasteiger partial charge in [0.25, 0.3) is 0 Å². The molecule has 0 atom stereocenters. The molecular formula is C46H31N. The van der Waals surface area contributed by atoms with Crippen LogP contribution in [0.2, 0.25) is 0 Å². The zero-order valence-electron chi connectivity index (χ0n) is 25.8. The number of anilines is 3. The molecule has 9 rings (SSSR count). The van der Waals surface area contributed by atoms with Gasteiger partial charge in [-0.1, -0.05) is 146 Å². The minimum absolute atomic E-state index is 1.12. The van der Waals surface area contributed by atoms with Gasteiger partial charge in [0.1, 0.15) is 0 Å². The minimum Gasteiger partial charge on any atom is -0.310 e. The molecule has 0 aliphatic rings. The summed E-state index contributed by atoms with van der Waals surface area (Å²) in [6.45, 7) is 0. The van der Waals surface area contributed by atoms with Crippen LogP contribution >= 0.6 is 0 Å². The van der Waals surface area contributed by atoms with Crippen LogP contribution in [0.5, 0.6) is 0 Å². The van der Waals surface area contributed by atoms with Crippen molar-refractivity contribution in [1.29, 1.82) is 0 Å². The molecule has 0 unspecified atom stereocenters. The van der Waals surface area contributed by atoms with Crippen LogP contribution in [0, 0.1) is 0 Å². The fourth-order valence-electron chi connectivity index (χ4n) is 7.23. The third kappa shape index (κ3) is 4.72. The summed E-state index contributed by atoms with van der Waals surface area (Å²) in [7, 11) is 0. The summed E-state index contributed by atoms with van der Waals surface area (Å²) in [6, 6.07) is 68.2. The Hall–Kier alpha value is -6.18. The lowest BCUT2D eigenvalue weighted by atomic mass is 9.93. The van der Waals surface area contributed by atoms with Gasteiger partial charge in [0.2, 0.25) is 0 Å². The number of rotatable bonds is 5. The average Bonchev–Trinajstić information content (AvgIpc) is 3.15. The molecule has 0 radical (unpaired) electrons. The van der Waals surface area contributed by atoms with Gasteiger partial charge in [-0.25, -0.2) is 0 Å². The highest BCUT2D eigenvalue weighted by molar-refractivity contribution is 6.25. The average molecular weight is 598 g/mol. The van der Waals surface area contributed by atoms with E-state index in [1.807, 2.05) is 0 Å². The van der Waals surface area contributed by atoms with Crippen molar-refractivity contribution < 1.29 is 0 Å². The van der Waals surface area contributed by atoms with E-state index in [0.717, 1.165) is 17.1 Å². The monoisotopic (exact) mass is 597 g/mol. The summed E-state index contributed by atoms with van der Waals surface area (Å²) >= 11 is 0. The Morgan fingerprint density at radius 1 is 0.255 bits per heavy atom. The van der Waals surface area contributed by atoms with Crippen LogP contribution in [0.3, 0.4) is 0 Å². The van der Waals surface area contributed by atoms with E-state index in [0.29, 0.717) is 0 Å². The van der Waals surface area contributed by atoms with Gasteiger partial charge >= 0.3 is 0 Å². The van der Waals surface area contributed by atoms with Crippen LogP contribution in [0.25, 0.3) is 65.3 Å². The Kier molecular flexibility index (Phi) is 6.54. The maximum absolute atomic E-state index is 2.38. The van der Waals surface area contributed by atoms with Crippen LogP contribution in [0.15, 0.2) is 188 Å². The molecule has 0 heterocycles. The quantitative estimate of drug-likeness (QED) is 0.178. The van der Waals surface area contributed by atoms with Crippen molar-refractivity contribution in [2.75, 3.05) is 4.90 Å². The molecule has 220 valence electrons. The van der Waals surface area contributed by atoms with E-state index < -0.39 is 0 Å². The molecular weight excluding hydrogens is 567 g/mol. The second-order valence-electron chi connectivity index (χ2n) is 12.1. The number of hydrogen-bond donors (Lipinski definition) is 0. The van der Waals surface area contributed by atoms with E-state index in [9.17, 15) is 0 Å². The van der Waals surface area contributed by atoms with Gasteiger partial charge in [-0.3, -0.25) is 0 Å². The molecule has 47 heavy (non-hydrogen) atoms. The lowest BCUT2D eigenvalue weighted by Gasteiger charge is -2.26. The van der Waals surface area contributed by atoms with Crippen LogP contribution in [0.4, 0.5) is 17.1 Å². The molecule has 0 aliphatic carbocycles. The van der Waals surface area contributed by atoms with Gasteiger partial charge in [-0.2, -0.15) is 0 Å². The maximum atomic E-state index is 2.38. The smallest absolute Gasteiger partial charge is 0.0468 e. The normalized spacial score (nSPS) is 11.4. The number of benzene rings is 9. The van der Waals surface area contributed by atoms with E-state index in [-0.39, 0.29) is 0 Å². The first-order valence-corrected chi connectivity index (χ1v) is 16.2. The summed E-state index contributed by atoms with van der Waals surface area (Å²) in [5.41, 5.74) is 8.23. The molecule has 1 nitrogen and oxygen atoms in total. The molecule has 0 amide bonds. The topological polar surface area (TPSA) is 3.24 Å². The molecule has 0 saturated heterocycles. The molecule has 0 spiro atoms. The fraction of sp³-hybridized carbons (Fsp3) is 0. The summed E-state index contributed by atoms with van der Waals surface area (Å²) in [5, 5.41) is 10.2. The molecule has 0 fully saturated rings. The predicted octanol–water partition coefficient (Wildman–Crippen LogP) is 13.1. The minimum atomic E-state index is 1.12. The van der Waals surface area contributed by atoms with Gasteiger partial charge in [0.05, 0.1) is 0 Å². The van der Waals surface area contributed by atoms with E-state index >= 15 is 0 Å². The Morgan fingerprint density at radius 3 is 1.49 bits per heavy atom. The lowest BCUT2D eigenvalue weighted by Crippen LogP contribution is -2.10. The SMILES string of the molecule is c1ccc(N(c2cccc(-c3cccc(-c4cccc5ccccc45)c3)c2)c2ccc3c4ccccc4c4ccccc4c3c2)cc1. The van der Waals surface area contributed by atoms with Gasteiger partial charge < -0.3 is 4.90 Å². The number of para-hydroxylation sites is 1. The van der Waals surface area contributed by atoms with Crippen molar-refractivity contribution in [2.24, 2.45) is 0 Å². The van der Waals surface area contributed by atoms with E-state index in [1.165, 1.54) is 65.3 Å². The third-order valence-corrected chi connectivity index (χ3v) is 9.40. The third-order valence-electron chi connectivity index (χ3n) is 9.40. The maximum Gasteiger partial charge on any atom is 0.0468 e.